The average Bonchev–Trinajstić information content (AvgIpc) is 3.34. The van der Waals surface area contributed by atoms with Crippen molar-refractivity contribution in [1.82, 2.24) is 4.90 Å². The van der Waals surface area contributed by atoms with Crippen molar-refractivity contribution in [3.8, 4) is 11.5 Å². The van der Waals surface area contributed by atoms with Crippen LogP contribution in [0.4, 0.5) is 5.69 Å². The number of carbonyl (C=O) groups is 2. The van der Waals surface area contributed by atoms with Crippen molar-refractivity contribution in [3.05, 3.63) is 54.1 Å². The predicted molar refractivity (Wildman–Crippen MR) is 139 cm³/mol. The monoisotopic (exact) mass is 481 g/mol. The number of nitrogens with zero attached hydrogens (tertiary/aromatic N) is 2. The van der Waals surface area contributed by atoms with Crippen LogP contribution >= 0.6 is 0 Å². The molecule has 1 heterocycles. The highest BCUT2D eigenvalue weighted by Gasteiger charge is 2.31. The number of rotatable bonds is 7. The first kappa shape index (κ1) is 26.4. The smallest absolute Gasteiger partial charge is 0.223 e. The van der Waals surface area contributed by atoms with Crippen LogP contribution in [0, 0.1) is 5.92 Å². The maximum Gasteiger partial charge on any atom is 0.223 e. The minimum Gasteiger partial charge on any atom is -0.504 e. The second kappa shape index (κ2) is 13.0. The Balaban J connectivity index is 0.000000497. The highest BCUT2D eigenvalue weighted by atomic mass is 16.5. The molecule has 2 fully saturated rings. The van der Waals surface area contributed by atoms with Crippen molar-refractivity contribution in [2.45, 2.75) is 57.9 Å². The lowest BCUT2D eigenvalue weighted by Gasteiger charge is -2.43. The molecule has 2 aromatic rings. The fraction of sp³-hybridized carbons (Fsp3) is 0.500. The van der Waals surface area contributed by atoms with E-state index in [1.54, 1.807) is 12.1 Å². The Bertz CT molecular complexity index is 960. The molecule has 4 rings (SSSR count). The summed E-state index contributed by atoms with van der Waals surface area (Å²) >= 11 is 0. The molecule has 0 bridgehead atoms. The number of nitrogens with two attached hydrogens (primary N) is 1. The molecule has 1 saturated carbocycles. The average molecular weight is 482 g/mol. The van der Waals surface area contributed by atoms with Gasteiger partial charge in [0, 0.05) is 44.2 Å². The van der Waals surface area contributed by atoms with Gasteiger partial charge in [-0.1, -0.05) is 62.9 Å². The number of hydrogen-bond acceptors (Lipinski definition) is 5. The number of primary amides is 1. The van der Waals surface area contributed by atoms with Gasteiger partial charge in [-0.15, -0.1) is 0 Å². The van der Waals surface area contributed by atoms with Crippen LogP contribution in [0.3, 0.4) is 0 Å². The molecule has 0 unspecified atom stereocenters. The largest absolute Gasteiger partial charge is 0.504 e. The van der Waals surface area contributed by atoms with E-state index in [0.29, 0.717) is 31.8 Å². The molecule has 7 heteroatoms. The Hall–Kier alpha value is -3.22. The summed E-state index contributed by atoms with van der Waals surface area (Å²) in [5.41, 5.74) is 7.24. The second-order valence-corrected chi connectivity index (χ2v) is 9.59. The van der Waals surface area contributed by atoms with Crippen LogP contribution in [0.15, 0.2) is 48.5 Å². The van der Waals surface area contributed by atoms with Gasteiger partial charge >= 0.3 is 0 Å². The number of aromatic hydroxyl groups is 1. The number of amides is 2. The molecule has 0 spiro atoms. The molecule has 2 aliphatic rings. The lowest BCUT2D eigenvalue weighted by atomic mass is 10.0. The van der Waals surface area contributed by atoms with Crippen LogP contribution in [-0.2, 0) is 16.0 Å². The van der Waals surface area contributed by atoms with E-state index in [2.05, 4.69) is 11.8 Å². The van der Waals surface area contributed by atoms with E-state index < -0.39 is 5.91 Å². The molecule has 2 aromatic carbocycles. The van der Waals surface area contributed by atoms with Crippen molar-refractivity contribution in [2.75, 3.05) is 31.6 Å². The molecule has 0 aromatic heterocycles. The standard InChI is InChI=1S/C22H27N3O4.C6H12/c1-29-20-8-7-17(14-19(20)26)24-11-12-25(22(28)10-9-21(23)27)18(15-24)13-16-5-3-2-4-6-16;1-6-4-2-3-5-6/h2-8,14,18,26H,9-13,15H2,1H3,(H2,23,27);6H,2-5H2,1H3/t18-;/m0./s1. The zero-order chi connectivity index (χ0) is 25.2. The second-order valence-electron chi connectivity index (χ2n) is 9.59. The number of phenols is 1. The lowest BCUT2D eigenvalue weighted by molar-refractivity contribution is -0.135. The Morgan fingerprint density at radius 2 is 1.77 bits per heavy atom. The van der Waals surface area contributed by atoms with Gasteiger partial charge in [-0.3, -0.25) is 9.59 Å². The summed E-state index contributed by atoms with van der Waals surface area (Å²) in [6, 6.07) is 15.3. The number of anilines is 1. The van der Waals surface area contributed by atoms with Crippen molar-refractivity contribution in [3.63, 3.8) is 0 Å². The summed E-state index contributed by atoms with van der Waals surface area (Å²) in [5, 5.41) is 10.1. The first-order valence-electron chi connectivity index (χ1n) is 12.6. The van der Waals surface area contributed by atoms with Gasteiger partial charge in [0.05, 0.1) is 13.2 Å². The van der Waals surface area contributed by atoms with Gasteiger partial charge in [-0.05, 0) is 30.0 Å². The van der Waals surface area contributed by atoms with E-state index in [1.165, 1.54) is 32.8 Å². The van der Waals surface area contributed by atoms with Gasteiger partial charge < -0.3 is 25.4 Å². The molecular weight excluding hydrogens is 442 g/mol. The summed E-state index contributed by atoms with van der Waals surface area (Å²) in [5.74, 6) is 1.04. The van der Waals surface area contributed by atoms with E-state index in [0.717, 1.165) is 17.2 Å². The highest BCUT2D eigenvalue weighted by Crippen LogP contribution is 2.32. The molecule has 3 N–H and O–H groups in total. The normalized spacial score (nSPS) is 18.1. The number of methoxy groups -OCH3 is 1. The number of ether oxygens (including phenoxy) is 1. The third-order valence-corrected chi connectivity index (χ3v) is 6.87. The first-order chi connectivity index (χ1) is 16.9. The van der Waals surface area contributed by atoms with Crippen molar-refractivity contribution >= 4 is 17.5 Å². The fourth-order valence-corrected chi connectivity index (χ4v) is 4.86. The Kier molecular flexibility index (Phi) is 9.82. The SMILES string of the molecule is CC1CCCC1.COc1ccc(N2CCN(C(=O)CCC(N)=O)[C@@H](Cc3ccccc3)C2)cc1O. The molecule has 1 atom stereocenters. The minimum atomic E-state index is -0.467. The van der Waals surface area contributed by atoms with Crippen LogP contribution in [0.25, 0.3) is 0 Å². The Morgan fingerprint density at radius 3 is 2.34 bits per heavy atom. The summed E-state index contributed by atoms with van der Waals surface area (Å²) in [4.78, 5) is 27.8. The molecule has 7 nitrogen and oxygen atoms in total. The van der Waals surface area contributed by atoms with Gasteiger partial charge in [0.2, 0.25) is 11.8 Å². The van der Waals surface area contributed by atoms with Gasteiger partial charge in [0.1, 0.15) is 0 Å². The lowest BCUT2D eigenvalue weighted by Crippen LogP contribution is -2.56. The van der Waals surface area contributed by atoms with Crippen LogP contribution in [0.1, 0.15) is 51.0 Å². The third-order valence-electron chi connectivity index (χ3n) is 6.87. The molecule has 1 aliphatic heterocycles. The highest BCUT2D eigenvalue weighted by molar-refractivity contribution is 5.83. The van der Waals surface area contributed by atoms with Gasteiger partial charge in [0.25, 0.3) is 0 Å². The van der Waals surface area contributed by atoms with E-state index in [-0.39, 0.29) is 30.5 Å². The van der Waals surface area contributed by atoms with Crippen molar-refractivity contribution in [2.24, 2.45) is 11.7 Å². The van der Waals surface area contributed by atoms with Gasteiger partial charge in [-0.25, -0.2) is 0 Å². The summed E-state index contributed by atoms with van der Waals surface area (Å²) in [6.07, 6.45) is 6.84. The molecule has 1 saturated heterocycles. The number of piperazine rings is 1. The number of benzene rings is 2. The summed E-state index contributed by atoms with van der Waals surface area (Å²) < 4.78 is 5.12. The van der Waals surface area contributed by atoms with E-state index >= 15 is 0 Å². The van der Waals surface area contributed by atoms with Crippen molar-refractivity contribution < 1.29 is 19.4 Å². The topological polar surface area (TPSA) is 96.1 Å². The Labute approximate surface area is 208 Å². The van der Waals surface area contributed by atoms with Crippen LogP contribution in [0.2, 0.25) is 0 Å². The molecule has 35 heavy (non-hydrogen) atoms. The Morgan fingerprint density at radius 1 is 1.06 bits per heavy atom. The minimum absolute atomic E-state index is 0.0456. The third kappa shape index (κ3) is 7.91. The molecule has 2 amide bonds. The van der Waals surface area contributed by atoms with Gasteiger partial charge in [0.15, 0.2) is 11.5 Å². The van der Waals surface area contributed by atoms with Crippen LogP contribution in [-0.4, -0.2) is 54.6 Å². The van der Waals surface area contributed by atoms with Gasteiger partial charge in [-0.2, -0.15) is 0 Å². The van der Waals surface area contributed by atoms with Crippen LogP contribution in [0.5, 0.6) is 11.5 Å². The van der Waals surface area contributed by atoms with E-state index in [1.807, 2.05) is 41.3 Å². The van der Waals surface area contributed by atoms with Crippen molar-refractivity contribution in [1.29, 1.82) is 0 Å². The zero-order valence-electron chi connectivity index (χ0n) is 21.0. The maximum absolute atomic E-state index is 12.7. The first-order valence-corrected chi connectivity index (χ1v) is 12.6. The number of carbonyl (C=O) groups excluding carboxylic acids is 2. The van der Waals surface area contributed by atoms with Crippen LogP contribution < -0.4 is 15.4 Å². The van der Waals surface area contributed by atoms with E-state index in [4.69, 9.17) is 10.5 Å². The molecule has 1 aliphatic carbocycles. The maximum atomic E-state index is 12.7. The fourth-order valence-electron chi connectivity index (χ4n) is 4.86. The quantitative estimate of drug-likeness (QED) is 0.620. The zero-order valence-corrected chi connectivity index (χ0v) is 21.0. The molecule has 190 valence electrons. The summed E-state index contributed by atoms with van der Waals surface area (Å²) in [7, 11) is 1.51. The number of phenolic OH excluding ortho intramolecular Hbond substituents is 1. The van der Waals surface area contributed by atoms with E-state index in [9.17, 15) is 14.7 Å². The summed E-state index contributed by atoms with van der Waals surface area (Å²) in [6.45, 7) is 4.15. The molecular formula is C28H39N3O4. The number of hydrogen-bond donors (Lipinski definition) is 2. The molecule has 0 radical (unpaired) electrons. The predicted octanol–water partition coefficient (Wildman–Crippen LogP) is 4.12.